The summed E-state index contributed by atoms with van der Waals surface area (Å²) in [5.74, 6) is 0. The molecule has 1 aliphatic carbocycles. The van der Waals surface area contributed by atoms with E-state index in [2.05, 4.69) is 50.3 Å². The van der Waals surface area contributed by atoms with Crippen LogP contribution in [0.5, 0.6) is 0 Å². The van der Waals surface area contributed by atoms with Crippen molar-refractivity contribution in [1.82, 2.24) is 0 Å². The molecule has 0 aromatic heterocycles. The van der Waals surface area contributed by atoms with Gasteiger partial charge in [-0.05, 0) is 31.4 Å². The molecule has 0 heterocycles. The Hall–Kier alpha value is -1.01. The maximum Gasteiger partial charge on any atom is 0.0562 e. The third-order valence-electron chi connectivity index (χ3n) is 2.63. The summed E-state index contributed by atoms with van der Waals surface area (Å²) in [5.41, 5.74) is 5.16. The number of halogens is 1. The minimum Gasteiger partial charge on any atom is -0.118 e. The lowest BCUT2D eigenvalue weighted by molar-refractivity contribution is 0.973. The summed E-state index contributed by atoms with van der Waals surface area (Å²) in [4.78, 5) is 0. The molecule has 2 rings (SSSR count). The van der Waals surface area contributed by atoms with Crippen LogP contribution < -0.4 is 0 Å². The summed E-state index contributed by atoms with van der Waals surface area (Å²) in [7, 11) is 0. The fourth-order valence-corrected chi connectivity index (χ4v) is 2.32. The van der Waals surface area contributed by atoms with Crippen LogP contribution >= 0.6 is 11.6 Å². The fraction of sp³-hybridized carbons (Fsp3) is 0.286. The summed E-state index contributed by atoms with van der Waals surface area (Å²) in [6.45, 7) is 4.25. The summed E-state index contributed by atoms with van der Waals surface area (Å²) < 4.78 is 0. The second-order valence-electron chi connectivity index (χ2n) is 4.20. The molecule has 1 aromatic rings. The molecule has 78 valence electrons. The van der Waals surface area contributed by atoms with Gasteiger partial charge in [-0.15, -0.1) is 11.6 Å². The van der Waals surface area contributed by atoms with Gasteiger partial charge in [-0.2, -0.15) is 0 Å². The van der Waals surface area contributed by atoms with Crippen molar-refractivity contribution in [2.45, 2.75) is 25.6 Å². The summed E-state index contributed by atoms with van der Waals surface area (Å²) in [6.07, 6.45) is 5.34. The summed E-state index contributed by atoms with van der Waals surface area (Å²) in [5, 5.41) is 0.144. The SMILES string of the molecule is CC1=CC(c2cccc(C)c2)=CC(Cl)C1. The van der Waals surface area contributed by atoms with E-state index in [4.69, 9.17) is 11.6 Å². The third-order valence-corrected chi connectivity index (χ3v) is 2.91. The topological polar surface area (TPSA) is 0 Å². The second-order valence-corrected chi connectivity index (χ2v) is 4.76. The van der Waals surface area contributed by atoms with E-state index in [1.54, 1.807) is 0 Å². The average molecular weight is 219 g/mol. The van der Waals surface area contributed by atoms with E-state index in [0.717, 1.165) is 6.42 Å². The Kier molecular flexibility index (Phi) is 2.97. The highest BCUT2D eigenvalue weighted by molar-refractivity contribution is 6.22. The average Bonchev–Trinajstić information content (AvgIpc) is 2.16. The molecule has 0 bridgehead atoms. The molecular weight excluding hydrogens is 204 g/mol. The van der Waals surface area contributed by atoms with Gasteiger partial charge < -0.3 is 0 Å². The Balaban J connectivity index is 2.39. The molecule has 1 heteroatoms. The molecule has 1 atom stereocenters. The predicted molar refractivity (Wildman–Crippen MR) is 67.2 cm³/mol. The number of benzene rings is 1. The van der Waals surface area contributed by atoms with E-state index in [9.17, 15) is 0 Å². The van der Waals surface area contributed by atoms with E-state index in [1.165, 1.54) is 22.3 Å². The van der Waals surface area contributed by atoms with Gasteiger partial charge in [-0.3, -0.25) is 0 Å². The fourth-order valence-electron chi connectivity index (χ4n) is 1.94. The summed E-state index contributed by atoms with van der Waals surface area (Å²) in [6, 6.07) is 8.54. The van der Waals surface area contributed by atoms with Crippen LogP contribution in [0.25, 0.3) is 5.57 Å². The van der Waals surface area contributed by atoms with Gasteiger partial charge in [0, 0.05) is 0 Å². The Bertz CT molecular complexity index is 427. The molecule has 1 unspecified atom stereocenters. The highest BCUT2D eigenvalue weighted by Gasteiger charge is 2.11. The van der Waals surface area contributed by atoms with Crippen molar-refractivity contribution < 1.29 is 0 Å². The Morgan fingerprint density at radius 1 is 1.27 bits per heavy atom. The minimum atomic E-state index is 0.144. The van der Waals surface area contributed by atoms with Crippen LogP contribution in [-0.2, 0) is 0 Å². The van der Waals surface area contributed by atoms with Gasteiger partial charge in [0.05, 0.1) is 5.38 Å². The van der Waals surface area contributed by atoms with E-state index in [1.807, 2.05) is 0 Å². The van der Waals surface area contributed by atoms with Gasteiger partial charge in [0.15, 0.2) is 0 Å². The molecule has 0 aliphatic heterocycles. The Morgan fingerprint density at radius 3 is 2.73 bits per heavy atom. The lowest BCUT2D eigenvalue weighted by atomic mass is 9.94. The van der Waals surface area contributed by atoms with Gasteiger partial charge in [0.25, 0.3) is 0 Å². The molecule has 1 aliphatic rings. The number of hydrogen-bond acceptors (Lipinski definition) is 0. The van der Waals surface area contributed by atoms with Gasteiger partial charge in [0.2, 0.25) is 0 Å². The van der Waals surface area contributed by atoms with Crippen molar-refractivity contribution in [1.29, 1.82) is 0 Å². The maximum absolute atomic E-state index is 6.18. The van der Waals surface area contributed by atoms with Crippen LogP contribution in [0.15, 0.2) is 42.0 Å². The standard InChI is InChI=1S/C14H15Cl/c1-10-4-3-5-12(6-10)13-7-11(2)8-14(15)9-13/h3-7,9,14H,8H2,1-2H3. The van der Waals surface area contributed by atoms with Gasteiger partial charge >= 0.3 is 0 Å². The van der Waals surface area contributed by atoms with Crippen molar-refractivity contribution in [3.8, 4) is 0 Å². The first-order chi connectivity index (χ1) is 7.15. The largest absolute Gasteiger partial charge is 0.118 e. The van der Waals surface area contributed by atoms with E-state index < -0.39 is 0 Å². The first kappa shape index (κ1) is 10.5. The van der Waals surface area contributed by atoms with Crippen molar-refractivity contribution in [3.05, 3.63) is 53.1 Å². The maximum atomic E-state index is 6.18. The van der Waals surface area contributed by atoms with Crippen LogP contribution in [0.3, 0.4) is 0 Å². The molecule has 0 saturated carbocycles. The van der Waals surface area contributed by atoms with Crippen molar-refractivity contribution in [3.63, 3.8) is 0 Å². The number of aryl methyl sites for hydroxylation is 1. The second kappa shape index (κ2) is 4.24. The van der Waals surface area contributed by atoms with Gasteiger partial charge in [-0.1, -0.05) is 47.6 Å². The van der Waals surface area contributed by atoms with Crippen LogP contribution in [-0.4, -0.2) is 5.38 Å². The first-order valence-electron chi connectivity index (χ1n) is 5.25. The number of hydrogen-bond donors (Lipinski definition) is 0. The highest BCUT2D eigenvalue weighted by atomic mass is 35.5. The van der Waals surface area contributed by atoms with Crippen molar-refractivity contribution in [2.75, 3.05) is 0 Å². The Morgan fingerprint density at radius 2 is 2.07 bits per heavy atom. The van der Waals surface area contributed by atoms with Crippen LogP contribution in [0, 0.1) is 6.92 Å². The zero-order valence-electron chi connectivity index (χ0n) is 9.13. The normalized spacial score (nSPS) is 20.9. The molecule has 0 fully saturated rings. The smallest absolute Gasteiger partial charge is 0.0562 e. The first-order valence-corrected chi connectivity index (χ1v) is 5.69. The third kappa shape index (κ3) is 2.51. The molecule has 0 saturated heterocycles. The molecular formula is C14H15Cl. The molecule has 1 aromatic carbocycles. The zero-order valence-corrected chi connectivity index (χ0v) is 9.88. The minimum absolute atomic E-state index is 0.144. The van der Waals surface area contributed by atoms with E-state index in [0.29, 0.717) is 0 Å². The van der Waals surface area contributed by atoms with Gasteiger partial charge in [-0.25, -0.2) is 0 Å². The van der Waals surface area contributed by atoms with Crippen molar-refractivity contribution >= 4 is 17.2 Å². The highest BCUT2D eigenvalue weighted by Crippen LogP contribution is 2.28. The van der Waals surface area contributed by atoms with Crippen LogP contribution in [0.2, 0.25) is 0 Å². The molecule has 0 amide bonds. The lowest BCUT2D eigenvalue weighted by Gasteiger charge is -2.15. The van der Waals surface area contributed by atoms with E-state index >= 15 is 0 Å². The Labute approximate surface area is 96.3 Å². The lowest BCUT2D eigenvalue weighted by Crippen LogP contribution is -2.01. The van der Waals surface area contributed by atoms with Crippen LogP contribution in [0.1, 0.15) is 24.5 Å². The van der Waals surface area contributed by atoms with Gasteiger partial charge in [0.1, 0.15) is 0 Å². The molecule has 15 heavy (non-hydrogen) atoms. The van der Waals surface area contributed by atoms with Crippen LogP contribution in [0.4, 0.5) is 0 Å². The molecule has 0 spiro atoms. The monoisotopic (exact) mass is 218 g/mol. The number of alkyl halides is 1. The molecule has 0 radical (unpaired) electrons. The number of rotatable bonds is 1. The van der Waals surface area contributed by atoms with Crippen molar-refractivity contribution in [2.24, 2.45) is 0 Å². The number of allylic oxidation sites excluding steroid dienone is 4. The zero-order chi connectivity index (χ0) is 10.8. The molecule has 0 nitrogen and oxygen atoms in total. The quantitative estimate of drug-likeness (QED) is 0.616. The summed E-state index contributed by atoms with van der Waals surface area (Å²) >= 11 is 6.18. The molecule has 0 N–H and O–H groups in total. The van der Waals surface area contributed by atoms with E-state index in [-0.39, 0.29) is 5.38 Å². The predicted octanol–water partition coefficient (Wildman–Crippen LogP) is 4.34.